The van der Waals surface area contributed by atoms with Gasteiger partial charge in [-0.3, -0.25) is 0 Å². The average Bonchev–Trinajstić information content (AvgIpc) is 2.87. The van der Waals surface area contributed by atoms with E-state index in [-0.39, 0.29) is 19.0 Å². The Morgan fingerprint density at radius 3 is 3.00 bits per heavy atom. The van der Waals surface area contributed by atoms with Crippen molar-refractivity contribution in [3.8, 4) is 17.6 Å². The number of nitrogens with zero attached hydrogens (tertiary/aromatic N) is 1. The molecular weight excluding hydrogens is 246 g/mol. The average molecular weight is 259 g/mol. The van der Waals surface area contributed by atoms with Gasteiger partial charge in [-0.25, -0.2) is 4.79 Å². The molecule has 1 aliphatic heterocycles. The van der Waals surface area contributed by atoms with Crippen LogP contribution < -0.4 is 9.47 Å². The van der Waals surface area contributed by atoms with Crippen LogP contribution in [0.5, 0.6) is 11.5 Å². The smallest absolute Gasteiger partial charge is 0.348 e. The number of carbonyl (C=O) groups excluding carboxylic acids is 1. The molecule has 1 aliphatic rings. The van der Waals surface area contributed by atoms with Gasteiger partial charge in [-0.2, -0.15) is 5.26 Å². The molecule has 0 aromatic heterocycles. The van der Waals surface area contributed by atoms with Crippen LogP contribution in [0, 0.1) is 11.3 Å². The fourth-order valence-corrected chi connectivity index (χ4v) is 1.67. The lowest BCUT2D eigenvalue weighted by Crippen LogP contribution is -2.06. The highest BCUT2D eigenvalue weighted by Gasteiger charge is 2.13. The number of benzene rings is 1. The summed E-state index contributed by atoms with van der Waals surface area (Å²) in [6.45, 7) is 2.17. The molecule has 1 aromatic rings. The Kier molecular flexibility index (Phi) is 4.04. The van der Waals surface area contributed by atoms with Crippen molar-refractivity contribution in [2.45, 2.75) is 13.3 Å². The van der Waals surface area contributed by atoms with E-state index in [0.717, 1.165) is 5.56 Å². The summed E-state index contributed by atoms with van der Waals surface area (Å²) in [5.74, 6) is 0.796. The van der Waals surface area contributed by atoms with Gasteiger partial charge >= 0.3 is 5.97 Å². The van der Waals surface area contributed by atoms with E-state index in [0.29, 0.717) is 17.9 Å². The van der Waals surface area contributed by atoms with Crippen molar-refractivity contribution in [3.63, 3.8) is 0 Å². The van der Waals surface area contributed by atoms with Crippen LogP contribution in [0.3, 0.4) is 0 Å². The van der Waals surface area contributed by atoms with Crippen LogP contribution in [0.25, 0.3) is 0 Å². The first-order valence-corrected chi connectivity index (χ1v) is 5.90. The zero-order chi connectivity index (χ0) is 13.7. The van der Waals surface area contributed by atoms with Crippen LogP contribution in [0.1, 0.15) is 12.5 Å². The Morgan fingerprint density at radius 2 is 2.26 bits per heavy atom. The first-order valence-electron chi connectivity index (χ1n) is 5.90. The van der Waals surface area contributed by atoms with Gasteiger partial charge in [-0.15, -0.1) is 0 Å². The van der Waals surface area contributed by atoms with E-state index in [1.54, 1.807) is 13.0 Å². The SMILES string of the molecule is CCOC(=O)/C(C#N)=C/Cc1ccc2c(c1)OCO2. The van der Waals surface area contributed by atoms with Gasteiger partial charge in [0.05, 0.1) is 6.61 Å². The largest absolute Gasteiger partial charge is 0.462 e. The first kappa shape index (κ1) is 13.0. The van der Waals surface area contributed by atoms with Crippen molar-refractivity contribution >= 4 is 5.97 Å². The lowest BCUT2D eigenvalue weighted by molar-refractivity contribution is -0.138. The minimum atomic E-state index is -0.592. The Bertz CT molecular complexity index is 557. The molecule has 0 saturated carbocycles. The van der Waals surface area contributed by atoms with Gasteiger partial charge in [-0.1, -0.05) is 12.1 Å². The van der Waals surface area contributed by atoms with Crippen molar-refractivity contribution in [2.24, 2.45) is 0 Å². The zero-order valence-electron chi connectivity index (χ0n) is 10.5. The number of allylic oxidation sites excluding steroid dienone is 1. The first-order chi connectivity index (χ1) is 9.24. The van der Waals surface area contributed by atoms with Gasteiger partial charge in [0, 0.05) is 0 Å². The number of hydrogen-bond acceptors (Lipinski definition) is 5. The number of nitriles is 1. The van der Waals surface area contributed by atoms with Gasteiger partial charge in [-0.05, 0) is 31.0 Å². The minimum absolute atomic E-state index is 0.0134. The molecule has 2 rings (SSSR count). The summed E-state index contributed by atoms with van der Waals surface area (Å²) in [6.07, 6.45) is 2.01. The van der Waals surface area contributed by atoms with Crippen LogP contribution in [-0.2, 0) is 16.0 Å². The van der Waals surface area contributed by atoms with Gasteiger partial charge in [0.15, 0.2) is 11.5 Å². The van der Waals surface area contributed by atoms with Crippen molar-refractivity contribution in [1.29, 1.82) is 5.26 Å². The summed E-state index contributed by atoms with van der Waals surface area (Å²) in [5, 5.41) is 8.89. The predicted octanol–water partition coefficient (Wildman–Crippen LogP) is 1.97. The van der Waals surface area contributed by atoms with Crippen LogP contribution in [0.15, 0.2) is 29.8 Å². The minimum Gasteiger partial charge on any atom is -0.462 e. The molecule has 0 atom stereocenters. The highest BCUT2D eigenvalue weighted by atomic mass is 16.7. The third kappa shape index (κ3) is 3.05. The molecule has 19 heavy (non-hydrogen) atoms. The molecule has 0 N–H and O–H groups in total. The summed E-state index contributed by atoms with van der Waals surface area (Å²) in [5.41, 5.74) is 0.945. The molecule has 5 nitrogen and oxygen atoms in total. The fourth-order valence-electron chi connectivity index (χ4n) is 1.67. The quantitative estimate of drug-likeness (QED) is 0.469. The maximum Gasteiger partial charge on any atom is 0.348 e. The van der Waals surface area contributed by atoms with Crippen LogP contribution in [0.4, 0.5) is 0 Å². The molecule has 0 radical (unpaired) electrons. The summed E-state index contributed by atoms with van der Waals surface area (Å²) in [7, 11) is 0. The fraction of sp³-hybridized carbons (Fsp3) is 0.286. The van der Waals surface area contributed by atoms with E-state index in [2.05, 4.69) is 0 Å². The Labute approximate surface area is 111 Å². The molecule has 0 saturated heterocycles. The van der Waals surface area contributed by atoms with Crippen LogP contribution in [-0.4, -0.2) is 19.4 Å². The molecule has 0 fully saturated rings. The summed E-state index contributed by atoms with van der Waals surface area (Å²) in [4.78, 5) is 11.4. The van der Waals surface area contributed by atoms with Gasteiger partial charge in [0.2, 0.25) is 6.79 Å². The van der Waals surface area contributed by atoms with Crippen LogP contribution >= 0.6 is 0 Å². The molecule has 0 spiro atoms. The number of rotatable bonds is 4. The van der Waals surface area contributed by atoms with Gasteiger partial charge < -0.3 is 14.2 Å². The molecule has 0 bridgehead atoms. The molecular formula is C14H13NO4. The third-order valence-corrected chi connectivity index (χ3v) is 2.59. The van der Waals surface area contributed by atoms with E-state index in [1.807, 2.05) is 24.3 Å². The monoisotopic (exact) mass is 259 g/mol. The number of carbonyl (C=O) groups is 1. The molecule has 0 amide bonds. The second-order valence-electron chi connectivity index (χ2n) is 3.84. The molecule has 98 valence electrons. The lowest BCUT2D eigenvalue weighted by atomic mass is 10.1. The Hall–Kier alpha value is -2.48. The zero-order valence-corrected chi connectivity index (χ0v) is 10.5. The molecule has 1 aromatic carbocycles. The third-order valence-electron chi connectivity index (χ3n) is 2.59. The summed E-state index contributed by atoms with van der Waals surface area (Å²) >= 11 is 0. The van der Waals surface area contributed by atoms with Crippen LogP contribution in [0.2, 0.25) is 0 Å². The highest BCUT2D eigenvalue weighted by Crippen LogP contribution is 2.32. The van der Waals surface area contributed by atoms with Crippen molar-refractivity contribution < 1.29 is 19.0 Å². The van der Waals surface area contributed by atoms with Crippen molar-refractivity contribution in [2.75, 3.05) is 13.4 Å². The number of fused-ring (bicyclic) bond motifs is 1. The summed E-state index contributed by atoms with van der Waals surface area (Å²) < 4.78 is 15.2. The Morgan fingerprint density at radius 1 is 1.47 bits per heavy atom. The Balaban J connectivity index is 2.08. The standard InChI is InChI=1S/C14H13NO4/c1-2-17-14(16)11(8-15)5-3-10-4-6-12-13(7-10)19-9-18-12/h4-7H,2-3,9H2,1H3/b11-5+. The topological polar surface area (TPSA) is 68.6 Å². The number of ether oxygens (including phenoxy) is 3. The van der Waals surface area contributed by atoms with Crippen molar-refractivity contribution in [3.05, 3.63) is 35.4 Å². The van der Waals surface area contributed by atoms with E-state index in [1.165, 1.54) is 0 Å². The highest BCUT2D eigenvalue weighted by molar-refractivity contribution is 5.92. The number of esters is 1. The lowest BCUT2D eigenvalue weighted by Gasteiger charge is -2.01. The normalized spacial score (nSPS) is 12.9. The molecule has 0 aliphatic carbocycles. The second kappa shape index (κ2) is 5.91. The van der Waals surface area contributed by atoms with E-state index in [4.69, 9.17) is 19.5 Å². The van der Waals surface area contributed by atoms with E-state index >= 15 is 0 Å². The molecule has 1 heterocycles. The van der Waals surface area contributed by atoms with E-state index < -0.39 is 5.97 Å². The molecule has 0 unspecified atom stereocenters. The van der Waals surface area contributed by atoms with Crippen molar-refractivity contribution in [1.82, 2.24) is 0 Å². The van der Waals surface area contributed by atoms with Gasteiger partial charge in [0.1, 0.15) is 11.6 Å². The second-order valence-corrected chi connectivity index (χ2v) is 3.84. The van der Waals surface area contributed by atoms with E-state index in [9.17, 15) is 4.79 Å². The maximum atomic E-state index is 11.4. The predicted molar refractivity (Wildman–Crippen MR) is 66.6 cm³/mol. The summed E-state index contributed by atoms with van der Waals surface area (Å²) in [6, 6.07) is 7.34. The van der Waals surface area contributed by atoms with Gasteiger partial charge in [0.25, 0.3) is 0 Å². The number of hydrogen-bond donors (Lipinski definition) is 0. The maximum absolute atomic E-state index is 11.4. The molecule has 5 heteroatoms.